The molecule has 0 amide bonds. The van der Waals surface area contributed by atoms with Crippen LogP contribution in [0.5, 0.6) is 0 Å². The highest BCUT2D eigenvalue weighted by Crippen LogP contribution is 2.34. The predicted octanol–water partition coefficient (Wildman–Crippen LogP) is 6.14. The standard InChI is InChI=1S/C22H36O2/c1-3-5-6-7-8-17-24-21-15-13-19(14-16-21)18-9-11-20(12-10-18)22(23)4-2/h9-12,19,21-23H,3-8,13-17H2,1-2H3. The highest BCUT2D eigenvalue weighted by Gasteiger charge is 2.22. The van der Waals surface area contributed by atoms with Crippen molar-refractivity contribution in [1.29, 1.82) is 0 Å². The third-order valence-electron chi connectivity index (χ3n) is 5.45. The summed E-state index contributed by atoms with van der Waals surface area (Å²) < 4.78 is 6.08. The summed E-state index contributed by atoms with van der Waals surface area (Å²) in [6, 6.07) is 8.63. The first kappa shape index (κ1) is 19.5. The number of hydrogen-bond donors (Lipinski definition) is 1. The third kappa shape index (κ3) is 6.22. The van der Waals surface area contributed by atoms with Crippen LogP contribution in [-0.2, 0) is 4.74 Å². The van der Waals surface area contributed by atoms with E-state index in [1.54, 1.807) is 0 Å². The number of unbranched alkanes of at least 4 members (excludes halogenated alkanes) is 4. The molecule has 2 nitrogen and oxygen atoms in total. The van der Waals surface area contributed by atoms with E-state index in [0.29, 0.717) is 12.0 Å². The Labute approximate surface area is 148 Å². The van der Waals surface area contributed by atoms with Gasteiger partial charge in [0.05, 0.1) is 12.2 Å². The molecule has 1 aromatic rings. The van der Waals surface area contributed by atoms with Crippen molar-refractivity contribution in [3.05, 3.63) is 35.4 Å². The average Bonchev–Trinajstić information content (AvgIpc) is 2.64. The van der Waals surface area contributed by atoms with Gasteiger partial charge in [0.25, 0.3) is 0 Å². The van der Waals surface area contributed by atoms with Crippen LogP contribution in [0.4, 0.5) is 0 Å². The molecule has 0 saturated heterocycles. The van der Waals surface area contributed by atoms with E-state index in [-0.39, 0.29) is 6.10 Å². The topological polar surface area (TPSA) is 29.5 Å². The molecule has 2 rings (SSSR count). The molecule has 1 aliphatic rings. The zero-order valence-electron chi connectivity index (χ0n) is 15.7. The molecule has 0 aromatic heterocycles. The lowest BCUT2D eigenvalue weighted by Crippen LogP contribution is -2.21. The van der Waals surface area contributed by atoms with E-state index in [1.165, 1.54) is 63.4 Å². The molecule has 1 aliphatic carbocycles. The molecular weight excluding hydrogens is 296 g/mol. The first-order valence-corrected chi connectivity index (χ1v) is 10.1. The Morgan fingerprint density at radius 3 is 2.25 bits per heavy atom. The monoisotopic (exact) mass is 332 g/mol. The second kappa shape index (κ2) is 10.9. The molecule has 0 spiro atoms. The summed E-state index contributed by atoms with van der Waals surface area (Å²) in [6.45, 7) is 5.22. The number of rotatable bonds is 10. The zero-order valence-corrected chi connectivity index (χ0v) is 15.7. The summed E-state index contributed by atoms with van der Waals surface area (Å²) in [6.07, 6.45) is 12.4. The number of hydrogen-bond acceptors (Lipinski definition) is 2. The molecule has 136 valence electrons. The maximum atomic E-state index is 9.90. The second-order valence-corrected chi connectivity index (χ2v) is 7.35. The number of aliphatic hydroxyl groups excluding tert-OH is 1. The lowest BCUT2D eigenvalue weighted by Gasteiger charge is -2.29. The Morgan fingerprint density at radius 1 is 0.958 bits per heavy atom. The SMILES string of the molecule is CCCCCCCOC1CCC(c2ccc(C(O)CC)cc2)CC1. The fourth-order valence-electron chi connectivity index (χ4n) is 3.74. The molecule has 1 saturated carbocycles. The van der Waals surface area contributed by atoms with Crippen LogP contribution in [-0.4, -0.2) is 17.8 Å². The molecule has 1 atom stereocenters. The fraction of sp³-hybridized carbons (Fsp3) is 0.727. The average molecular weight is 333 g/mol. The van der Waals surface area contributed by atoms with Gasteiger partial charge in [-0.05, 0) is 55.6 Å². The molecule has 1 N–H and O–H groups in total. The van der Waals surface area contributed by atoms with Crippen LogP contribution >= 0.6 is 0 Å². The molecule has 0 radical (unpaired) electrons. The molecule has 0 bridgehead atoms. The highest BCUT2D eigenvalue weighted by molar-refractivity contribution is 5.27. The van der Waals surface area contributed by atoms with Crippen molar-refractivity contribution in [3.8, 4) is 0 Å². The van der Waals surface area contributed by atoms with E-state index in [1.807, 2.05) is 6.92 Å². The smallest absolute Gasteiger partial charge is 0.0787 e. The van der Waals surface area contributed by atoms with Gasteiger partial charge in [0.2, 0.25) is 0 Å². The van der Waals surface area contributed by atoms with Crippen LogP contribution in [0.15, 0.2) is 24.3 Å². The summed E-state index contributed by atoms with van der Waals surface area (Å²) in [5, 5.41) is 9.90. The van der Waals surface area contributed by atoms with Crippen LogP contribution in [0.25, 0.3) is 0 Å². The van der Waals surface area contributed by atoms with Crippen LogP contribution in [0.3, 0.4) is 0 Å². The third-order valence-corrected chi connectivity index (χ3v) is 5.45. The predicted molar refractivity (Wildman–Crippen MR) is 101 cm³/mol. The molecule has 2 heteroatoms. The van der Waals surface area contributed by atoms with Crippen molar-refractivity contribution in [3.63, 3.8) is 0 Å². The first-order valence-electron chi connectivity index (χ1n) is 10.1. The van der Waals surface area contributed by atoms with Crippen LogP contribution < -0.4 is 0 Å². The minimum absolute atomic E-state index is 0.319. The van der Waals surface area contributed by atoms with Gasteiger partial charge in [-0.15, -0.1) is 0 Å². The molecule has 1 aromatic carbocycles. The van der Waals surface area contributed by atoms with E-state index >= 15 is 0 Å². The van der Waals surface area contributed by atoms with E-state index in [9.17, 15) is 5.11 Å². The van der Waals surface area contributed by atoms with Crippen molar-refractivity contribution in [2.45, 2.75) is 96.2 Å². The summed E-state index contributed by atoms with van der Waals surface area (Å²) >= 11 is 0. The maximum absolute atomic E-state index is 9.90. The Morgan fingerprint density at radius 2 is 1.62 bits per heavy atom. The summed E-state index contributed by atoms with van der Waals surface area (Å²) in [7, 11) is 0. The van der Waals surface area contributed by atoms with Gasteiger partial charge in [-0.2, -0.15) is 0 Å². The van der Waals surface area contributed by atoms with Crippen LogP contribution in [0.2, 0.25) is 0 Å². The van der Waals surface area contributed by atoms with Gasteiger partial charge < -0.3 is 9.84 Å². The van der Waals surface area contributed by atoms with Crippen molar-refractivity contribution < 1.29 is 9.84 Å². The van der Waals surface area contributed by atoms with E-state index < -0.39 is 0 Å². The Kier molecular flexibility index (Phi) is 8.83. The fourth-order valence-corrected chi connectivity index (χ4v) is 3.74. The lowest BCUT2D eigenvalue weighted by atomic mass is 9.82. The van der Waals surface area contributed by atoms with Crippen molar-refractivity contribution in [2.24, 2.45) is 0 Å². The Bertz CT molecular complexity index is 432. The quantitative estimate of drug-likeness (QED) is 0.521. The van der Waals surface area contributed by atoms with E-state index in [4.69, 9.17) is 4.74 Å². The van der Waals surface area contributed by atoms with Crippen molar-refractivity contribution in [2.75, 3.05) is 6.61 Å². The molecule has 1 unspecified atom stereocenters. The van der Waals surface area contributed by atoms with Crippen LogP contribution in [0, 0.1) is 0 Å². The minimum atomic E-state index is -0.319. The van der Waals surface area contributed by atoms with Gasteiger partial charge in [0.1, 0.15) is 0 Å². The van der Waals surface area contributed by atoms with Crippen LogP contribution in [0.1, 0.15) is 101 Å². The maximum Gasteiger partial charge on any atom is 0.0787 e. The summed E-state index contributed by atoms with van der Waals surface area (Å²) in [4.78, 5) is 0. The molecule has 0 heterocycles. The van der Waals surface area contributed by atoms with E-state index in [0.717, 1.165) is 18.6 Å². The van der Waals surface area contributed by atoms with E-state index in [2.05, 4.69) is 31.2 Å². The van der Waals surface area contributed by atoms with Crippen molar-refractivity contribution >= 4 is 0 Å². The van der Waals surface area contributed by atoms with Crippen molar-refractivity contribution in [1.82, 2.24) is 0 Å². The number of aliphatic hydroxyl groups is 1. The van der Waals surface area contributed by atoms with Gasteiger partial charge in [-0.1, -0.05) is 63.8 Å². The van der Waals surface area contributed by atoms with Gasteiger partial charge in [0.15, 0.2) is 0 Å². The second-order valence-electron chi connectivity index (χ2n) is 7.35. The van der Waals surface area contributed by atoms with Gasteiger partial charge in [0, 0.05) is 6.61 Å². The lowest BCUT2D eigenvalue weighted by molar-refractivity contribution is 0.0226. The molecule has 24 heavy (non-hydrogen) atoms. The molecule has 0 aliphatic heterocycles. The van der Waals surface area contributed by atoms with Gasteiger partial charge in [-0.3, -0.25) is 0 Å². The molecular formula is C22H36O2. The molecule has 1 fully saturated rings. The Hall–Kier alpha value is -0.860. The normalized spacial score (nSPS) is 22.5. The Balaban J connectivity index is 1.67. The number of benzene rings is 1. The summed E-state index contributed by atoms with van der Waals surface area (Å²) in [5.74, 6) is 0.669. The highest BCUT2D eigenvalue weighted by atomic mass is 16.5. The van der Waals surface area contributed by atoms with Gasteiger partial charge >= 0.3 is 0 Å². The zero-order chi connectivity index (χ0) is 17.2. The largest absolute Gasteiger partial charge is 0.388 e. The number of ether oxygens (including phenoxy) is 1. The first-order chi connectivity index (χ1) is 11.7. The van der Waals surface area contributed by atoms with Gasteiger partial charge in [-0.25, -0.2) is 0 Å². The minimum Gasteiger partial charge on any atom is -0.388 e. The summed E-state index contributed by atoms with van der Waals surface area (Å²) in [5.41, 5.74) is 2.47.